The first-order valence-electron chi connectivity index (χ1n) is 6.28. The highest BCUT2D eigenvalue weighted by molar-refractivity contribution is 9.09. The normalized spacial score (nSPS) is 21.9. The Morgan fingerprint density at radius 2 is 2.00 bits per heavy atom. The summed E-state index contributed by atoms with van der Waals surface area (Å²) in [4.78, 5) is 1.09. The van der Waals surface area contributed by atoms with Crippen LogP contribution in [0, 0.1) is 6.92 Å². The largest absolute Gasteiger partial charge is 0.250 e. The van der Waals surface area contributed by atoms with Gasteiger partial charge in [0, 0.05) is 9.70 Å². The molecule has 0 aliphatic heterocycles. The van der Waals surface area contributed by atoms with E-state index < -0.39 is 10.0 Å². The molecule has 1 aromatic heterocycles. The molecule has 1 heterocycles. The molecule has 0 saturated heterocycles. The number of fused-ring (bicyclic) bond motifs is 1. The third kappa shape index (κ3) is 2.57. The maximum atomic E-state index is 12.4. The van der Waals surface area contributed by atoms with Gasteiger partial charge in [0.2, 0.25) is 0 Å². The second-order valence-electron chi connectivity index (χ2n) is 4.88. The molecule has 1 aliphatic rings. The topological polar surface area (TPSA) is 46.2 Å². The highest BCUT2D eigenvalue weighted by atomic mass is 79.9. The minimum Gasteiger partial charge on any atom is -0.206 e. The fourth-order valence-electron chi connectivity index (χ4n) is 2.47. The molecule has 1 aromatic carbocycles. The number of sulfonamides is 1. The predicted octanol–water partition coefficient (Wildman–Crippen LogP) is 3.40. The maximum Gasteiger partial charge on any atom is 0.250 e. The van der Waals surface area contributed by atoms with E-state index in [0.717, 1.165) is 16.9 Å². The van der Waals surface area contributed by atoms with Crippen LogP contribution in [0.4, 0.5) is 0 Å². The SMILES string of the molecule is Cc1ccc(S(=O)(=O)NC2c3ccccc3CC2Br)s1. The number of hydrogen-bond donors (Lipinski definition) is 1. The quantitative estimate of drug-likeness (QED) is 0.840. The van der Waals surface area contributed by atoms with Gasteiger partial charge in [-0.3, -0.25) is 0 Å². The van der Waals surface area contributed by atoms with Crippen LogP contribution in [0.15, 0.2) is 40.6 Å². The van der Waals surface area contributed by atoms with Crippen LogP contribution in [-0.4, -0.2) is 13.2 Å². The number of aryl methyl sites for hydroxylation is 1. The van der Waals surface area contributed by atoms with Crippen LogP contribution in [0.2, 0.25) is 0 Å². The monoisotopic (exact) mass is 371 g/mol. The minimum atomic E-state index is -3.46. The summed E-state index contributed by atoms with van der Waals surface area (Å²) < 4.78 is 28.1. The summed E-state index contributed by atoms with van der Waals surface area (Å²) >= 11 is 4.89. The molecule has 1 aliphatic carbocycles. The van der Waals surface area contributed by atoms with Crippen LogP contribution in [0.25, 0.3) is 0 Å². The highest BCUT2D eigenvalue weighted by Gasteiger charge is 2.34. The lowest BCUT2D eigenvalue weighted by Gasteiger charge is -2.17. The Kier molecular flexibility index (Phi) is 3.75. The van der Waals surface area contributed by atoms with Gasteiger partial charge in [-0.05, 0) is 36.6 Å². The molecule has 0 spiro atoms. The van der Waals surface area contributed by atoms with Crippen molar-refractivity contribution in [1.29, 1.82) is 0 Å². The highest BCUT2D eigenvalue weighted by Crippen LogP contribution is 2.37. The van der Waals surface area contributed by atoms with Crippen LogP contribution < -0.4 is 4.72 Å². The molecule has 0 amide bonds. The van der Waals surface area contributed by atoms with Gasteiger partial charge < -0.3 is 0 Å². The molecular formula is C14H14BrNO2S2. The van der Waals surface area contributed by atoms with Gasteiger partial charge in [-0.25, -0.2) is 13.1 Å². The van der Waals surface area contributed by atoms with Crippen LogP contribution in [0.3, 0.4) is 0 Å². The van der Waals surface area contributed by atoms with Crippen molar-refractivity contribution in [3.05, 3.63) is 52.4 Å². The molecule has 6 heteroatoms. The first-order valence-corrected chi connectivity index (χ1v) is 9.49. The lowest BCUT2D eigenvalue weighted by atomic mass is 10.1. The van der Waals surface area contributed by atoms with E-state index >= 15 is 0 Å². The van der Waals surface area contributed by atoms with E-state index in [-0.39, 0.29) is 10.9 Å². The molecule has 1 N–H and O–H groups in total. The lowest BCUT2D eigenvalue weighted by molar-refractivity contribution is 0.561. The zero-order valence-electron chi connectivity index (χ0n) is 10.8. The fraction of sp³-hybridized carbons (Fsp3) is 0.286. The zero-order valence-corrected chi connectivity index (χ0v) is 14.1. The molecule has 3 rings (SSSR count). The Morgan fingerprint density at radius 1 is 1.25 bits per heavy atom. The van der Waals surface area contributed by atoms with Gasteiger partial charge in [-0.1, -0.05) is 40.2 Å². The van der Waals surface area contributed by atoms with E-state index in [9.17, 15) is 8.42 Å². The van der Waals surface area contributed by atoms with Crippen molar-refractivity contribution in [3.63, 3.8) is 0 Å². The van der Waals surface area contributed by atoms with Crippen molar-refractivity contribution in [3.8, 4) is 0 Å². The van der Waals surface area contributed by atoms with Crippen LogP contribution in [-0.2, 0) is 16.4 Å². The van der Waals surface area contributed by atoms with E-state index in [1.807, 2.05) is 37.3 Å². The standard InChI is InChI=1S/C14H14BrNO2S2/c1-9-6-7-13(19-9)20(17,18)16-14-11-5-3-2-4-10(11)8-12(14)15/h2-7,12,14,16H,8H2,1H3. The second-order valence-corrected chi connectivity index (χ2v) is 9.29. The minimum absolute atomic E-state index is 0.0933. The average molecular weight is 372 g/mol. The predicted molar refractivity (Wildman–Crippen MR) is 85.0 cm³/mol. The Hall–Kier alpha value is -0.690. The molecule has 20 heavy (non-hydrogen) atoms. The van der Waals surface area contributed by atoms with Gasteiger partial charge in [-0.2, -0.15) is 0 Å². The maximum absolute atomic E-state index is 12.4. The van der Waals surface area contributed by atoms with Crippen molar-refractivity contribution < 1.29 is 8.42 Å². The lowest BCUT2D eigenvalue weighted by Crippen LogP contribution is -2.31. The van der Waals surface area contributed by atoms with Crippen LogP contribution in [0.5, 0.6) is 0 Å². The molecule has 106 valence electrons. The summed E-state index contributed by atoms with van der Waals surface area (Å²) in [6.07, 6.45) is 0.840. The van der Waals surface area contributed by atoms with Crippen molar-refractivity contribution in [2.75, 3.05) is 0 Å². The molecular weight excluding hydrogens is 358 g/mol. The molecule has 0 fully saturated rings. The van der Waals surface area contributed by atoms with Gasteiger partial charge in [0.05, 0.1) is 6.04 Å². The number of thiophene rings is 1. The third-order valence-corrected chi connectivity index (χ3v) is 7.22. The van der Waals surface area contributed by atoms with Crippen molar-refractivity contribution in [1.82, 2.24) is 4.72 Å². The van der Waals surface area contributed by atoms with E-state index in [0.29, 0.717) is 4.21 Å². The van der Waals surface area contributed by atoms with Gasteiger partial charge in [0.15, 0.2) is 0 Å². The molecule has 2 aromatic rings. The second kappa shape index (κ2) is 5.26. The molecule has 2 unspecified atom stereocenters. The molecule has 3 nitrogen and oxygen atoms in total. The molecule has 2 atom stereocenters. The van der Waals surface area contributed by atoms with Crippen LogP contribution >= 0.6 is 27.3 Å². The Bertz CT molecular complexity index is 739. The fourth-order valence-corrected chi connectivity index (χ4v) is 5.96. The summed E-state index contributed by atoms with van der Waals surface area (Å²) in [7, 11) is -3.46. The first-order chi connectivity index (χ1) is 9.47. The number of hydrogen-bond acceptors (Lipinski definition) is 3. The third-order valence-electron chi connectivity index (χ3n) is 3.43. The molecule has 0 bridgehead atoms. The first kappa shape index (κ1) is 14.3. The van der Waals surface area contributed by atoms with Gasteiger partial charge in [-0.15, -0.1) is 11.3 Å². The van der Waals surface area contributed by atoms with E-state index in [1.54, 1.807) is 6.07 Å². The summed E-state index contributed by atoms with van der Waals surface area (Å²) in [5.74, 6) is 0. The Morgan fingerprint density at radius 3 is 2.70 bits per heavy atom. The molecule has 0 radical (unpaired) electrons. The number of rotatable bonds is 3. The number of alkyl halides is 1. The zero-order chi connectivity index (χ0) is 14.3. The van der Waals surface area contributed by atoms with Crippen molar-refractivity contribution >= 4 is 37.3 Å². The van der Waals surface area contributed by atoms with E-state index in [2.05, 4.69) is 20.7 Å². The van der Waals surface area contributed by atoms with Gasteiger partial charge >= 0.3 is 0 Å². The van der Waals surface area contributed by atoms with Crippen molar-refractivity contribution in [2.24, 2.45) is 0 Å². The Balaban J connectivity index is 1.92. The average Bonchev–Trinajstić information content (AvgIpc) is 2.95. The van der Waals surface area contributed by atoms with E-state index in [1.165, 1.54) is 16.9 Å². The van der Waals surface area contributed by atoms with Crippen LogP contribution in [0.1, 0.15) is 22.0 Å². The summed E-state index contributed by atoms with van der Waals surface area (Å²) in [6.45, 7) is 1.90. The molecule has 0 saturated carbocycles. The number of benzene rings is 1. The summed E-state index contributed by atoms with van der Waals surface area (Å²) in [5.41, 5.74) is 2.26. The number of halogens is 1. The summed E-state index contributed by atoms with van der Waals surface area (Å²) in [6, 6.07) is 11.2. The summed E-state index contributed by atoms with van der Waals surface area (Å²) in [5, 5.41) is 0. The van der Waals surface area contributed by atoms with Crippen molar-refractivity contribution in [2.45, 2.75) is 28.4 Å². The smallest absolute Gasteiger partial charge is 0.206 e. The Labute approximate surface area is 131 Å². The van der Waals surface area contributed by atoms with E-state index in [4.69, 9.17) is 0 Å². The van der Waals surface area contributed by atoms with Gasteiger partial charge in [0.25, 0.3) is 10.0 Å². The number of nitrogens with one attached hydrogen (secondary N) is 1. The van der Waals surface area contributed by atoms with Gasteiger partial charge in [0.1, 0.15) is 4.21 Å².